The van der Waals surface area contributed by atoms with Crippen LogP contribution in [0.25, 0.3) is 0 Å². The molecular formula is C13H16N2O3. The van der Waals surface area contributed by atoms with Crippen LogP contribution in [0.1, 0.15) is 18.9 Å². The first-order valence-corrected chi connectivity index (χ1v) is 6.00. The van der Waals surface area contributed by atoms with E-state index < -0.39 is 5.97 Å². The third-order valence-electron chi connectivity index (χ3n) is 3.03. The van der Waals surface area contributed by atoms with E-state index in [1.54, 1.807) is 4.90 Å². The molecule has 1 heterocycles. The molecule has 0 spiro atoms. The minimum atomic E-state index is -0.888. The third-order valence-corrected chi connectivity index (χ3v) is 3.03. The van der Waals surface area contributed by atoms with Gasteiger partial charge in [0.05, 0.1) is 11.4 Å². The number of para-hydroxylation sites is 1. The molecule has 5 heteroatoms. The number of hydrogen-bond donors (Lipinski definition) is 2. The van der Waals surface area contributed by atoms with Crippen molar-refractivity contribution < 1.29 is 14.7 Å². The molecule has 1 aliphatic heterocycles. The topological polar surface area (TPSA) is 69.6 Å². The number of rotatable bonds is 3. The van der Waals surface area contributed by atoms with Crippen LogP contribution in [0.3, 0.4) is 0 Å². The van der Waals surface area contributed by atoms with E-state index in [0.717, 1.165) is 17.7 Å². The van der Waals surface area contributed by atoms with E-state index in [1.807, 2.05) is 25.1 Å². The highest BCUT2D eigenvalue weighted by Crippen LogP contribution is 2.32. The van der Waals surface area contributed by atoms with Crippen LogP contribution in [0, 0.1) is 0 Å². The van der Waals surface area contributed by atoms with Crippen molar-refractivity contribution in [3.63, 3.8) is 0 Å². The lowest BCUT2D eigenvalue weighted by molar-refractivity contribution is -0.135. The Bertz CT molecular complexity index is 485. The summed E-state index contributed by atoms with van der Waals surface area (Å²) in [6.45, 7) is 2.36. The molecule has 0 fully saturated rings. The Morgan fingerprint density at radius 2 is 2.28 bits per heavy atom. The van der Waals surface area contributed by atoms with E-state index in [4.69, 9.17) is 5.11 Å². The van der Waals surface area contributed by atoms with E-state index in [2.05, 4.69) is 5.32 Å². The fraction of sp³-hybridized carbons (Fsp3) is 0.385. The summed E-state index contributed by atoms with van der Waals surface area (Å²) < 4.78 is 0. The molecule has 2 rings (SSSR count). The zero-order valence-corrected chi connectivity index (χ0v) is 10.3. The Hall–Kier alpha value is -2.04. The van der Waals surface area contributed by atoms with Gasteiger partial charge in [-0.3, -0.25) is 9.59 Å². The van der Waals surface area contributed by atoms with Gasteiger partial charge in [0.2, 0.25) is 5.91 Å². The van der Waals surface area contributed by atoms with Crippen molar-refractivity contribution >= 4 is 23.3 Å². The van der Waals surface area contributed by atoms with Crippen molar-refractivity contribution in [1.82, 2.24) is 0 Å². The highest BCUT2D eigenvalue weighted by Gasteiger charge is 2.22. The number of nitrogens with zero attached hydrogens (tertiary/aromatic N) is 1. The van der Waals surface area contributed by atoms with Crippen molar-refractivity contribution in [2.45, 2.75) is 19.8 Å². The van der Waals surface area contributed by atoms with Crippen LogP contribution in [0.15, 0.2) is 18.2 Å². The Morgan fingerprint density at radius 1 is 1.50 bits per heavy atom. The van der Waals surface area contributed by atoms with Gasteiger partial charge in [-0.25, -0.2) is 0 Å². The molecule has 96 valence electrons. The summed E-state index contributed by atoms with van der Waals surface area (Å²) in [5.41, 5.74) is 2.60. The second-order valence-electron chi connectivity index (χ2n) is 4.28. The predicted octanol–water partition coefficient (Wildman–Crippen LogP) is 1.48. The maximum Gasteiger partial charge on any atom is 0.323 e. The second kappa shape index (κ2) is 5.08. The van der Waals surface area contributed by atoms with Crippen LogP contribution >= 0.6 is 0 Å². The number of anilines is 2. The Labute approximate surface area is 105 Å². The van der Waals surface area contributed by atoms with Crippen molar-refractivity contribution in [3.05, 3.63) is 23.8 Å². The van der Waals surface area contributed by atoms with E-state index in [-0.39, 0.29) is 12.5 Å². The van der Waals surface area contributed by atoms with Crippen LogP contribution in [0.2, 0.25) is 0 Å². The number of nitrogens with one attached hydrogen (secondary N) is 1. The summed E-state index contributed by atoms with van der Waals surface area (Å²) in [5.74, 6) is -0.960. The molecule has 0 aliphatic carbocycles. The zero-order valence-electron chi connectivity index (χ0n) is 10.3. The average Bonchev–Trinajstić information content (AvgIpc) is 2.48. The van der Waals surface area contributed by atoms with Gasteiger partial charge in [-0.2, -0.15) is 0 Å². The van der Waals surface area contributed by atoms with Gasteiger partial charge in [0, 0.05) is 13.0 Å². The molecule has 5 nitrogen and oxygen atoms in total. The van der Waals surface area contributed by atoms with Crippen LogP contribution in [-0.4, -0.2) is 30.1 Å². The standard InChI is InChI=1S/C13H16N2O3/c1-2-9-4-3-5-10-13(9)15(8-12(17)18)7-6-11(16)14-10/h3-5H,2,6-8H2,1H3,(H,14,16)(H,17,18). The normalized spacial score (nSPS) is 14.7. The summed E-state index contributed by atoms with van der Waals surface area (Å²) >= 11 is 0. The van der Waals surface area contributed by atoms with Crippen molar-refractivity contribution in [3.8, 4) is 0 Å². The van der Waals surface area contributed by atoms with Crippen LogP contribution < -0.4 is 10.2 Å². The summed E-state index contributed by atoms with van der Waals surface area (Å²) in [4.78, 5) is 24.3. The fourth-order valence-corrected chi connectivity index (χ4v) is 2.23. The third kappa shape index (κ3) is 2.45. The number of fused-ring (bicyclic) bond motifs is 1. The number of carboxylic acid groups (broad SMARTS) is 1. The fourth-order valence-electron chi connectivity index (χ4n) is 2.23. The van der Waals surface area contributed by atoms with Gasteiger partial charge in [-0.15, -0.1) is 0 Å². The largest absolute Gasteiger partial charge is 0.480 e. The first-order valence-electron chi connectivity index (χ1n) is 6.00. The van der Waals surface area contributed by atoms with Gasteiger partial charge in [0.1, 0.15) is 6.54 Å². The molecule has 0 saturated heterocycles. The maximum absolute atomic E-state index is 11.6. The number of benzene rings is 1. The van der Waals surface area contributed by atoms with Crippen LogP contribution in [0.4, 0.5) is 11.4 Å². The minimum absolute atomic E-state index is 0.0719. The minimum Gasteiger partial charge on any atom is -0.480 e. The lowest BCUT2D eigenvalue weighted by Gasteiger charge is -2.24. The van der Waals surface area contributed by atoms with Crippen molar-refractivity contribution in [2.24, 2.45) is 0 Å². The van der Waals surface area contributed by atoms with Gasteiger partial charge >= 0.3 is 5.97 Å². The lowest BCUT2D eigenvalue weighted by atomic mass is 10.1. The molecule has 0 bridgehead atoms. The molecule has 0 atom stereocenters. The Morgan fingerprint density at radius 3 is 2.94 bits per heavy atom. The SMILES string of the molecule is CCc1cccc2c1N(CC(=O)O)CCC(=O)N2. The van der Waals surface area contributed by atoms with Crippen LogP contribution in [-0.2, 0) is 16.0 Å². The molecule has 0 radical (unpaired) electrons. The highest BCUT2D eigenvalue weighted by atomic mass is 16.4. The summed E-state index contributed by atoms with van der Waals surface area (Å²) in [6.07, 6.45) is 1.11. The molecule has 1 amide bonds. The maximum atomic E-state index is 11.6. The molecule has 1 aromatic carbocycles. The number of aryl methyl sites for hydroxylation is 1. The molecule has 0 aromatic heterocycles. The second-order valence-corrected chi connectivity index (χ2v) is 4.28. The monoisotopic (exact) mass is 248 g/mol. The molecular weight excluding hydrogens is 232 g/mol. The number of hydrogen-bond acceptors (Lipinski definition) is 3. The summed E-state index contributed by atoms with van der Waals surface area (Å²) in [6, 6.07) is 5.65. The number of carboxylic acids is 1. The highest BCUT2D eigenvalue weighted by molar-refractivity contribution is 5.97. The zero-order chi connectivity index (χ0) is 13.1. The van der Waals surface area contributed by atoms with Gasteiger partial charge in [0.25, 0.3) is 0 Å². The first-order chi connectivity index (χ1) is 8.61. The van der Waals surface area contributed by atoms with Crippen molar-refractivity contribution in [2.75, 3.05) is 23.3 Å². The van der Waals surface area contributed by atoms with Gasteiger partial charge in [0.15, 0.2) is 0 Å². The molecule has 1 aliphatic rings. The summed E-state index contributed by atoms with van der Waals surface area (Å²) in [7, 11) is 0. The molecule has 18 heavy (non-hydrogen) atoms. The molecule has 1 aromatic rings. The smallest absolute Gasteiger partial charge is 0.323 e. The van der Waals surface area contributed by atoms with E-state index in [0.29, 0.717) is 18.7 Å². The average molecular weight is 248 g/mol. The Kier molecular flexibility index (Phi) is 3.50. The number of amides is 1. The first kappa shape index (κ1) is 12.4. The molecule has 2 N–H and O–H groups in total. The molecule has 0 unspecified atom stereocenters. The molecule has 0 saturated carbocycles. The summed E-state index contributed by atoms with van der Waals surface area (Å²) in [5, 5.41) is 11.8. The van der Waals surface area contributed by atoms with E-state index in [9.17, 15) is 9.59 Å². The van der Waals surface area contributed by atoms with E-state index in [1.165, 1.54) is 0 Å². The van der Waals surface area contributed by atoms with Gasteiger partial charge in [-0.05, 0) is 18.1 Å². The lowest BCUT2D eigenvalue weighted by Crippen LogP contribution is -2.31. The quantitative estimate of drug-likeness (QED) is 0.850. The van der Waals surface area contributed by atoms with Crippen LogP contribution in [0.5, 0.6) is 0 Å². The number of aliphatic carboxylic acids is 1. The van der Waals surface area contributed by atoms with Gasteiger partial charge < -0.3 is 15.3 Å². The van der Waals surface area contributed by atoms with Gasteiger partial charge in [-0.1, -0.05) is 19.1 Å². The predicted molar refractivity (Wildman–Crippen MR) is 68.9 cm³/mol. The Balaban J connectivity index is 2.47. The number of carbonyl (C=O) groups excluding carboxylic acids is 1. The van der Waals surface area contributed by atoms with E-state index >= 15 is 0 Å². The van der Waals surface area contributed by atoms with Crippen molar-refractivity contribution in [1.29, 1.82) is 0 Å². The number of carbonyl (C=O) groups is 2.